The SMILES string of the molecule is CC(C)(C)C(=O)Nc1cc(Nc2cc(-c3cc(Cl)ccc3F)nc3ccccc23)ccn1. The molecule has 0 aliphatic rings. The maximum absolute atomic E-state index is 14.5. The van der Waals surface area contributed by atoms with Crippen LogP contribution in [0.5, 0.6) is 0 Å². The number of anilines is 3. The number of halogens is 2. The predicted octanol–water partition coefficient (Wildman–Crippen LogP) is 6.82. The van der Waals surface area contributed by atoms with Gasteiger partial charge in [-0.25, -0.2) is 14.4 Å². The van der Waals surface area contributed by atoms with E-state index in [2.05, 4.69) is 20.6 Å². The van der Waals surface area contributed by atoms with Crippen molar-refractivity contribution in [3.05, 3.63) is 77.7 Å². The van der Waals surface area contributed by atoms with E-state index >= 15 is 0 Å². The Morgan fingerprint density at radius 3 is 2.59 bits per heavy atom. The standard InChI is InChI=1S/C25H22ClFN4O/c1-25(2,3)24(32)31-23-13-16(10-11-28-23)29-21-14-22(18-12-15(26)8-9-19(18)27)30-20-7-5-4-6-17(20)21/h4-14H,1-3H3,(H2,28,29,30,31,32). The van der Waals surface area contributed by atoms with E-state index in [1.165, 1.54) is 12.1 Å². The minimum Gasteiger partial charge on any atom is -0.355 e. The minimum absolute atomic E-state index is 0.129. The normalized spacial score (nSPS) is 11.4. The van der Waals surface area contributed by atoms with E-state index in [0.29, 0.717) is 27.6 Å². The number of aromatic nitrogens is 2. The average Bonchev–Trinajstić information content (AvgIpc) is 2.75. The number of rotatable bonds is 4. The summed E-state index contributed by atoms with van der Waals surface area (Å²) in [5.74, 6) is -0.0937. The Balaban J connectivity index is 1.74. The molecule has 0 saturated heterocycles. The van der Waals surface area contributed by atoms with Gasteiger partial charge in [0.1, 0.15) is 11.6 Å². The summed E-state index contributed by atoms with van der Waals surface area (Å²) in [5.41, 5.74) is 2.41. The second-order valence-electron chi connectivity index (χ2n) is 8.46. The number of benzene rings is 2. The van der Waals surface area contributed by atoms with E-state index in [1.807, 2.05) is 45.0 Å². The summed E-state index contributed by atoms with van der Waals surface area (Å²) in [7, 11) is 0. The van der Waals surface area contributed by atoms with Gasteiger partial charge in [-0.15, -0.1) is 0 Å². The first-order valence-electron chi connectivity index (χ1n) is 10.1. The largest absolute Gasteiger partial charge is 0.355 e. The fraction of sp³-hybridized carbons (Fsp3) is 0.160. The van der Waals surface area contributed by atoms with Crippen molar-refractivity contribution in [3.8, 4) is 11.3 Å². The number of nitrogens with zero attached hydrogens (tertiary/aromatic N) is 2. The van der Waals surface area contributed by atoms with Gasteiger partial charge < -0.3 is 10.6 Å². The summed E-state index contributed by atoms with van der Waals surface area (Å²) in [5, 5.41) is 7.49. The first kappa shape index (κ1) is 21.7. The molecule has 0 atom stereocenters. The van der Waals surface area contributed by atoms with Gasteiger partial charge in [-0.3, -0.25) is 4.79 Å². The smallest absolute Gasteiger partial charge is 0.230 e. The van der Waals surface area contributed by atoms with Gasteiger partial charge in [0.25, 0.3) is 0 Å². The summed E-state index contributed by atoms with van der Waals surface area (Å²) >= 11 is 6.09. The fourth-order valence-corrected chi connectivity index (χ4v) is 3.32. The molecule has 2 N–H and O–H groups in total. The highest BCUT2D eigenvalue weighted by atomic mass is 35.5. The average molecular weight is 449 g/mol. The van der Waals surface area contributed by atoms with Crippen LogP contribution >= 0.6 is 11.6 Å². The summed E-state index contributed by atoms with van der Waals surface area (Å²) in [4.78, 5) is 21.2. The molecule has 2 heterocycles. The number of hydrogen-bond acceptors (Lipinski definition) is 4. The van der Waals surface area contributed by atoms with Gasteiger partial charge in [0, 0.05) is 39.3 Å². The molecular weight excluding hydrogens is 427 g/mol. The molecule has 2 aromatic carbocycles. The molecule has 0 saturated carbocycles. The van der Waals surface area contributed by atoms with Crippen molar-refractivity contribution in [3.63, 3.8) is 0 Å². The zero-order chi connectivity index (χ0) is 22.9. The number of pyridine rings is 2. The molecule has 2 aromatic heterocycles. The number of fused-ring (bicyclic) bond motifs is 1. The third kappa shape index (κ3) is 4.70. The molecule has 1 amide bonds. The van der Waals surface area contributed by atoms with E-state index in [-0.39, 0.29) is 5.91 Å². The van der Waals surface area contributed by atoms with Crippen LogP contribution in [0, 0.1) is 11.2 Å². The van der Waals surface area contributed by atoms with Crippen molar-refractivity contribution >= 4 is 45.6 Å². The van der Waals surface area contributed by atoms with E-state index in [0.717, 1.165) is 16.8 Å². The quantitative estimate of drug-likeness (QED) is 0.359. The number of para-hydroxylation sites is 1. The molecule has 5 nitrogen and oxygen atoms in total. The zero-order valence-electron chi connectivity index (χ0n) is 17.9. The number of hydrogen-bond donors (Lipinski definition) is 2. The number of nitrogens with one attached hydrogen (secondary N) is 2. The molecule has 4 rings (SSSR count). The predicted molar refractivity (Wildman–Crippen MR) is 128 cm³/mol. The summed E-state index contributed by atoms with van der Waals surface area (Å²) in [6.45, 7) is 5.51. The van der Waals surface area contributed by atoms with E-state index in [1.54, 1.807) is 30.5 Å². The first-order valence-corrected chi connectivity index (χ1v) is 10.5. The van der Waals surface area contributed by atoms with Crippen LogP contribution in [0.2, 0.25) is 5.02 Å². The molecule has 4 aromatic rings. The van der Waals surface area contributed by atoms with E-state index < -0.39 is 11.2 Å². The highest BCUT2D eigenvalue weighted by Crippen LogP contribution is 2.33. The second kappa shape index (κ2) is 8.55. The molecule has 0 spiro atoms. The van der Waals surface area contributed by atoms with Crippen LogP contribution in [0.3, 0.4) is 0 Å². The van der Waals surface area contributed by atoms with Gasteiger partial charge >= 0.3 is 0 Å². The molecule has 0 unspecified atom stereocenters. The molecule has 7 heteroatoms. The van der Waals surface area contributed by atoms with Crippen LogP contribution in [0.15, 0.2) is 66.9 Å². The molecule has 0 radical (unpaired) electrons. The minimum atomic E-state index is -0.539. The van der Waals surface area contributed by atoms with Crippen molar-refractivity contribution in [2.24, 2.45) is 5.41 Å². The topological polar surface area (TPSA) is 66.9 Å². The van der Waals surface area contributed by atoms with Gasteiger partial charge in [-0.2, -0.15) is 0 Å². The lowest BCUT2D eigenvalue weighted by Gasteiger charge is -2.18. The van der Waals surface area contributed by atoms with Crippen LogP contribution < -0.4 is 10.6 Å². The Labute approximate surface area is 190 Å². The third-order valence-electron chi connectivity index (χ3n) is 4.88. The summed E-state index contributed by atoms with van der Waals surface area (Å²) in [6, 6.07) is 17.3. The van der Waals surface area contributed by atoms with Crippen LogP contribution in [0.4, 0.5) is 21.6 Å². The Hall–Kier alpha value is -3.51. The lowest BCUT2D eigenvalue weighted by Crippen LogP contribution is -2.28. The van der Waals surface area contributed by atoms with Crippen LogP contribution in [-0.2, 0) is 4.79 Å². The van der Waals surface area contributed by atoms with Crippen molar-refractivity contribution < 1.29 is 9.18 Å². The molecule has 0 fully saturated rings. The lowest BCUT2D eigenvalue weighted by atomic mass is 9.96. The van der Waals surface area contributed by atoms with Crippen molar-refractivity contribution in [2.45, 2.75) is 20.8 Å². The highest BCUT2D eigenvalue weighted by molar-refractivity contribution is 6.30. The monoisotopic (exact) mass is 448 g/mol. The molecular formula is C25H22ClFN4O. The third-order valence-corrected chi connectivity index (χ3v) is 5.12. The Morgan fingerprint density at radius 2 is 1.81 bits per heavy atom. The molecule has 0 aliphatic heterocycles. The van der Waals surface area contributed by atoms with Gasteiger partial charge in [0.15, 0.2) is 0 Å². The molecule has 162 valence electrons. The summed E-state index contributed by atoms with van der Waals surface area (Å²) in [6.07, 6.45) is 1.61. The van der Waals surface area contributed by atoms with Crippen molar-refractivity contribution in [1.29, 1.82) is 0 Å². The van der Waals surface area contributed by atoms with E-state index in [9.17, 15) is 9.18 Å². The number of carbonyl (C=O) groups is 1. The summed E-state index contributed by atoms with van der Waals surface area (Å²) < 4.78 is 14.5. The van der Waals surface area contributed by atoms with Crippen LogP contribution in [-0.4, -0.2) is 15.9 Å². The zero-order valence-corrected chi connectivity index (χ0v) is 18.7. The van der Waals surface area contributed by atoms with Crippen molar-refractivity contribution in [1.82, 2.24) is 9.97 Å². The highest BCUT2D eigenvalue weighted by Gasteiger charge is 2.21. The maximum Gasteiger partial charge on any atom is 0.230 e. The first-order chi connectivity index (χ1) is 15.2. The molecule has 0 bridgehead atoms. The van der Waals surface area contributed by atoms with Gasteiger partial charge in [0.2, 0.25) is 5.91 Å². The van der Waals surface area contributed by atoms with E-state index in [4.69, 9.17) is 11.6 Å². The van der Waals surface area contributed by atoms with Gasteiger partial charge in [-0.05, 0) is 36.4 Å². The Morgan fingerprint density at radius 1 is 1.03 bits per heavy atom. The lowest BCUT2D eigenvalue weighted by molar-refractivity contribution is -0.123. The van der Waals surface area contributed by atoms with Gasteiger partial charge in [0.05, 0.1) is 16.9 Å². The number of amides is 1. The Kier molecular flexibility index (Phi) is 5.80. The van der Waals surface area contributed by atoms with Crippen LogP contribution in [0.1, 0.15) is 20.8 Å². The van der Waals surface area contributed by atoms with Crippen molar-refractivity contribution in [2.75, 3.05) is 10.6 Å². The maximum atomic E-state index is 14.5. The fourth-order valence-electron chi connectivity index (χ4n) is 3.15. The van der Waals surface area contributed by atoms with Crippen LogP contribution in [0.25, 0.3) is 22.2 Å². The second-order valence-corrected chi connectivity index (χ2v) is 8.89. The van der Waals surface area contributed by atoms with Gasteiger partial charge in [-0.1, -0.05) is 50.6 Å². The molecule has 0 aliphatic carbocycles. The number of carbonyl (C=O) groups excluding carboxylic acids is 1. The Bertz CT molecular complexity index is 1320. The molecule has 32 heavy (non-hydrogen) atoms.